The van der Waals surface area contributed by atoms with Crippen LogP contribution >= 0.6 is 0 Å². The number of nitrogens with one attached hydrogen (secondary N) is 2. The van der Waals surface area contributed by atoms with Gasteiger partial charge in [0.25, 0.3) is 5.56 Å². The fourth-order valence-electron chi connectivity index (χ4n) is 2.49. The summed E-state index contributed by atoms with van der Waals surface area (Å²) < 4.78 is 0. The molecular formula is C12H15N3O4. The number of aromatic nitrogens is 2. The van der Waals surface area contributed by atoms with Gasteiger partial charge in [-0.05, 0) is 24.8 Å². The molecule has 7 nitrogen and oxygen atoms in total. The molecule has 7 heteroatoms. The van der Waals surface area contributed by atoms with Gasteiger partial charge in [-0.3, -0.25) is 14.4 Å². The number of aliphatic carboxylic acids is 1. The smallest absolute Gasteiger partial charge is 0.307 e. The van der Waals surface area contributed by atoms with Crippen LogP contribution in [-0.4, -0.2) is 27.2 Å². The number of hydrogen-bond acceptors (Lipinski definition) is 4. The van der Waals surface area contributed by atoms with E-state index in [4.69, 9.17) is 5.11 Å². The van der Waals surface area contributed by atoms with E-state index in [-0.39, 0.29) is 23.2 Å². The Kier molecular flexibility index (Phi) is 3.64. The summed E-state index contributed by atoms with van der Waals surface area (Å²) in [5.41, 5.74) is -0.365. The lowest BCUT2D eigenvalue weighted by molar-refractivity contribution is -0.145. The topological polar surface area (TPSA) is 112 Å². The molecule has 1 aliphatic rings. The average Bonchev–Trinajstić information content (AvgIpc) is 2.74. The van der Waals surface area contributed by atoms with Crippen molar-refractivity contribution in [3.63, 3.8) is 0 Å². The maximum absolute atomic E-state index is 12.1. The van der Waals surface area contributed by atoms with Crippen molar-refractivity contribution in [3.05, 3.63) is 22.5 Å². The third-order valence-electron chi connectivity index (χ3n) is 3.38. The number of anilines is 1. The van der Waals surface area contributed by atoms with E-state index in [9.17, 15) is 14.4 Å². The molecule has 19 heavy (non-hydrogen) atoms. The first-order valence-corrected chi connectivity index (χ1v) is 6.06. The van der Waals surface area contributed by atoms with Crippen molar-refractivity contribution < 1.29 is 14.7 Å². The molecule has 3 N–H and O–H groups in total. The van der Waals surface area contributed by atoms with Crippen molar-refractivity contribution in [1.29, 1.82) is 0 Å². The lowest BCUT2D eigenvalue weighted by atomic mass is 9.95. The number of carboxylic acid groups (broad SMARTS) is 1. The maximum atomic E-state index is 12.1. The summed E-state index contributed by atoms with van der Waals surface area (Å²) in [6.07, 6.45) is 1.05. The highest BCUT2D eigenvalue weighted by atomic mass is 16.4. The van der Waals surface area contributed by atoms with Crippen molar-refractivity contribution in [2.45, 2.75) is 19.8 Å². The van der Waals surface area contributed by atoms with Crippen molar-refractivity contribution in [2.24, 2.45) is 17.8 Å². The molecule has 2 rings (SSSR count). The molecule has 1 unspecified atom stereocenters. The summed E-state index contributed by atoms with van der Waals surface area (Å²) in [5.74, 6) is -2.09. The first-order valence-electron chi connectivity index (χ1n) is 6.06. The molecule has 0 radical (unpaired) electrons. The minimum absolute atomic E-state index is 0.209. The molecule has 0 spiro atoms. The predicted molar refractivity (Wildman–Crippen MR) is 66.5 cm³/mol. The van der Waals surface area contributed by atoms with E-state index in [1.54, 1.807) is 0 Å². The number of hydrogen-bond donors (Lipinski definition) is 3. The van der Waals surface area contributed by atoms with E-state index in [1.165, 1.54) is 12.1 Å². The highest BCUT2D eigenvalue weighted by molar-refractivity contribution is 5.94. The lowest BCUT2D eigenvalue weighted by Crippen LogP contribution is -2.30. The van der Waals surface area contributed by atoms with Crippen LogP contribution in [0.2, 0.25) is 0 Å². The molecule has 102 valence electrons. The van der Waals surface area contributed by atoms with E-state index < -0.39 is 17.8 Å². The largest absolute Gasteiger partial charge is 0.481 e. The van der Waals surface area contributed by atoms with Crippen LogP contribution in [0.5, 0.6) is 0 Å². The highest BCUT2D eigenvalue weighted by Crippen LogP contribution is 2.36. The molecule has 0 saturated heterocycles. The molecule has 1 aromatic rings. The van der Waals surface area contributed by atoms with Crippen LogP contribution < -0.4 is 10.9 Å². The minimum atomic E-state index is -0.945. The zero-order chi connectivity index (χ0) is 14.0. The zero-order valence-electron chi connectivity index (χ0n) is 10.4. The van der Waals surface area contributed by atoms with Crippen LogP contribution in [0.1, 0.15) is 19.8 Å². The summed E-state index contributed by atoms with van der Waals surface area (Å²) in [5, 5.41) is 17.5. The minimum Gasteiger partial charge on any atom is -0.481 e. The molecule has 0 bridgehead atoms. The number of H-pyrrole nitrogens is 1. The molecule has 1 amide bonds. The Balaban J connectivity index is 2.08. The first-order chi connectivity index (χ1) is 8.97. The fraction of sp³-hybridized carbons (Fsp3) is 0.500. The molecule has 1 heterocycles. The van der Waals surface area contributed by atoms with Crippen molar-refractivity contribution in [2.75, 3.05) is 5.32 Å². The Bertz CT molecular complexity index is 534. The molecular weight excluding hydrogens is 250 g/mol. The second-order valence-corrected chi connectivity index (χ2v) is 4.92. The van der Waals surface area contributed by atoms with Crippen LogP contribution in [0.3, 0.4) is 0 Å². The van der Waals surface area contributed by atoms with Gasteiger partial charge < -0.3 is 10.4 Å². The van der Waals surface area contributed by atoms with E-state index in [0.717, 1.165) is 0 Å². The van der Waals surface area contributed by atoms with Gasteiger partial charge in [-0.2, -0.15) is 5.10 Å². The number of aromatic amines is 1. The van der Waals surface area contributed by atoms with Crippen LogP contribution in [0.15, 0.2) is 16.9 Å². The molecule has 1 aromatic heterocycles. The third kappa shape index (κ3) is 2.98. The standard InChI is InChI=1S/C12H15N3O4/c1-6-4-7(8(5-6)12(18)19)11(17)13-9-2-3-10(16)15-14-9/h2-3,6-8H,4-5H2,1H3,(H,15,16)(H,18,19)(H,13,14,17)/t6?,7-,8+/m0/s1. The van der Waals surface area contributed by atoms with Gasteiger partial charge >= 0.3 is 5.97 Å². The summed E-state index contributed by atoms with van der Waals surface area (Å²) in [6.45, 7) is 1.93. The van der Waals surface area contributed by atoms with Crippen LogP contribution in [0.4, 0.5) is 5.82 Å². The van der Waals surface area contributed by atoms with Gasteiger partial charge in [-0.25, -0.2) is 5.10 Å². The normalized spacial score (nSPS) is 26.1. The van der Waals surface area contributed by atoms with Gasteiger partial charge in [-0.15, -0.1) is 0 Å². The van der Waals surface area contributed by atoms with Gasteiger partial charge in [0.15, 0.2) is 5.82 Å². The van der Waals surface area contributed by atoms with E-state index in [2.05, 4.69) is 15.5 Å². The van der Waals surface area contributed by atoms with Gasteiger partial charge in [0.2, 0.25) is 5.91 Å². The average molecular weight is 265 g/mol. The van der Waals surface area contributed by atoms with E-state index in [0.29, 0.717) is 12.8 Å². The summed E-state index contributed by atoms with van der Waals surface area (Å²) >= 11 is 0. The molecule has 0 aromatic carbocycles. The van der Waals surface area contributed by atoms with Crippen molar-refractivity contribution in [3.8, 4) is 0 Å². The second-order valence-electron chi connectivity index (χ2n) is 4.92. The summed E-state index contributed by atoms with van der Waals surface area (Å²) in [6, 6.07) is 2.62. The van der Waals surface area contributed by atoms with Crippen molar-refractivity contribution >= 4 is 17.7 Å². The SMILES string of the molecule is CC1C[C@H](C(=O)Nc2ccc(=O)[nH]n2)[C@H](C(=O)O)C1. The monoisotopic (exact) mass is 265 g/mol. The number of nitrogens with zero attached hydrogens (tertiary/aromatic N) is 1. The molecule has 1 saturated carbocycles. The van der Waals surface area contributed by atoms with Crippen LogP contribution in [0.25, 0.3) is 0 Å². The number of carboxylic acids is 1. The Morgan fingerprint density at radius 3 is 2.63 bits per heavy atom. The van der Waals surface area contributed by atoms with E-state index in [1.807, 2.05) is 6.92 Å². The second kappa shape index (κ2) is 5.21. The number of amides is 1. The zero-order valence-corrected chi connectivity index (χ0v) is 10.4. The van der Waals surface area contributed by atoms with Crippen LogP contribution in [-0.2, 0) is 9.59 Å². The Morgan fingerprint density at radius 2 is 2.05 bits per heavy atom. The predicted octanol–water partition coefficient (Wildman–Crippen LogP) is 0.455. The first kappa shape index (κ1) is 13.3. The Hall–Kier alpha value is -2.18. The maximum Gasteiger partial charge on any atom is 0.307 e. The quantitative estimate of drug-likeness (QED) is 0.734. The Morgan fingerprint density at radius 1 is 1.37 bits per heavy atom. The van der Waals surface area contributed by atoms with Gasteiger partial charge in [0.1, 0.15) is 0 Å². The third-order valence-corrected chi connectivity index (χ3v) is 3.38. The number of carbonyl (C=O) groups is 2. The van der Waals surface area contributed by atoms with Crippen LogP contribution in [0, 0.1) is 17.8 Å². The highest BCUT2D eigenvalue weighted by Gasteiger charge is 2.41. The number of rotatable bonds is 3. The van der Waals surface area contributed by atoms with Crippen molar-refractivity contribution in [1.82, 2.24) is 10.2 Å². The van der Waals surface area contributed by atoms with Gasteiger partial charge in [0.05, 0.1) is 11.8 Å². The Labute approximate surface area is 109 Å². The van der Waals surface area contributed by atoms with Gasteiger partial charge in [-0.1, -0.05) is 6.92 Å². The van der Waals surface area contributed by atoms with Gasteiger partial charge in [0, 0.05) is 6.07 Å². The summed E-state index contributed by atoms with van der Waals surface area (Å²) in [7, 11) is 0. The summed E-state index contributed by atoms with van der Waals surface area (Å²) in [4.78, 5) is 34.0. The lowest BCUT2D eigenvalue weighted by Gasteiger charge is -2.14. The molecule has 1 fully saturated rings. The molecule has 1 aliphatic carbocycles. The molecule has 0 aliphatic heterocycles. The number of carbonyl (C=O) groups excluding carboxylic acids is 1. The molecule has 3 atom stereocenters. The van der Waals surface area contributed by atoms with E-state index >= 15 is 0 Å². The fourth-order valence-corrected chi connectivity index (χ4v) is 2.49.